The number of nitrogens with two attached hydrogens (primary N) is 1. The molecule has 1 atom stereocenters. The Labute approximate surface area is 66.0 Å². The summed E-state index contributed by atoms with van der Waals surface area (Å²) < 4.78 is 4.45. The normalized spacial score (nSPS) is 10.5. The van der Waals surface area contributed by atoms with Crippen molar-refractivity contribution in [2.75, 3.05) is 0 Å². The molecule has 0 aromatic carbocycles. The van der Waals surface area contributed by atoms with Gasteiger partial charge in [0.15, 0.2) is 6.23 Å². The third kappa shape index (κ3) is 5.34. The Morgan fingerprint density at radius 3 is 2.40 bits per heavy atom. The SMILES string of the molecule is C=CC(=O)OC(N)C=C.Cl. The molecule has 0 aliphatic rings. The molecule has 0 aliphatic heterocycles. The number of halogens is 1. The van der Waals surface area contributed by atoms with Gasteiger partial charge < -0.3 is 4.74 Å². The van der Waals surface area contributed by atoms with Gasteiger partial charge >= 0.3 is 5.97 Å². The molecule has 10 heavy (non-hydrogen) atoms. The van der Waals surface area contributed by atoms with Crippen molar-refractivity contribution in [3.05, 3.63) is 25.3 Å². The minimum absolute atomic E-state index is 0. The smallest absolute Gasteiger partial charge is 0.331 e. The van der Waals surface area contributed by atoms with Crippen molar-refractivity contribution in [2.45, 2.75) is 6.23 Å². The fraction of sp³-hybridized carbons (Fsp3) is 0.167. The number of rotatable bonds is 3. The highest BCUT2D eigenvalue weighted by molar-refractivity contribution is 5.85. The second-order valence-corrected chi connectivity index (χ2v) is 1.34. The van der Waals surface area contributed by atoms with Gasteiger partial charge in [-0.05, 0) is 6.08 Å². The fourth-order valence-corrected chi connectivity index (χ4v) is 0.230. The number of carbonyl (C=O) groups excluding carboxylic acids is 1. The summed E-state index contributed by atoms with van der Waals surface area (Å²) in [5.41, 5.74) is 5.14. The average Bonchev–Trinajstić information content (AvgIpc) is 1.87. The van der Waals surface area contributed by atoms with Crippen molar-refractivity contribution < 1.29 is 9.53 Å². The molecule has 0 aromatic heterocycles. The van der Waals surface area contributed by atoms with E-state index in [1.54, 1.807) is 0 Å². The molecule has 0 aliphatic carbocycles. The quantitative estimate of drug-likeness (QED) is 0.287. The second-order valence-electron chi connectivity index (χ2n) is 1.34. The lowest BCUT2D eigenvalue weighted by molar-refractivity contribution is -0.140. The second kappa shape index (κ2) is 6.32. The largest absolute Gasteiger partial charge is 0.440 e. The van der Waals surface area contributed by atoms with E-state index in [0.717, 1.165) is 6.08 Å². The Morgan fingerprint density at radius 2 is 2.10 bits per heavy atom. The molecule has 4 heteroatoms. The maximum Gasteiger partial charge on any atom is 0.331 e. The van der Waals surface area contributed by atoms with Crippen LogP contribution < -0.4 is 5.73 Å². The minimum Gasteiger partial charge on any atom is -0.440 e. The standard InChI is InChI=1S/C6H9NO2.ClH/c1-3-5(7)9-6(8)4-2;/h3-5H,1-2,7H2;1H. The lowest BCUT2D eigenvalue weighted by atomic mass is 10.5. The summed E-state index contributed by atoms with van der Waals surface area (Å²) >= 11 is 0. The van der Waals surface area contributed by atoms with Crippen LogP contribution in [0.5, 0.6) is 0 Å². The van der Waals surface area contributed by atoms with Crippen molar-refractivity contribution >= 4 is 18.4 Å². The zero-order chi connectivity index (χ0) is 7.28. The number of esters is 1. The molecular weight excluding hydrogens is 154 g/mol. The predicted octanol–water partition coefficient (Wildman–Crippen LogP) is 0.608. The van der Waals surface area contributed by atoms with Gasteiger partial charge in [0.2, 0.25) is 0 Å². The summed E-state index contributed by atoms with van der Waals surface area (Å²) in [6.07, 6.45) is 1.64. The molecule has 0 saturated carbocycles. The molecule has 0 amide bonds. The number of hydrogen-bond donors (Lipinski definition) is 1. The van der Waals surface area contributed by atoms with Crippen LogP contribution in [0.4, 0.5) is 0 Å². The van der Waals surface area contributed by atoms with Crippen molar-refractivity contribution in [3.63, 3.8) is 0 Å². The molecular formula is C6H10ClNO2. The lowest BCUT2D eigenvalue weighted by Gasteiger charge is -2.04. The first kappa shape index (κ1) is 11.9. The van der Waals surface area contributed by atoms with Crippen LogP contribution in [-0.4, -0.2) is 12.2 Å². The molecule has 0 radical (unpaired) electrons. The summed E-state index contributed by atoms with van der Waals surface area (Å²) in [7, 11) is 0. The van der Waals surface area contributed by atoms with E-state index in [0.29, 0.717) is 0 Å². The maximum absolute atomic E-state index is 10.3. The molecule has 0 fully saturated rings. The average molecular weight is 164 g/mol. The summed E-state index contributed by atoms with van der Waals surface area (Å²) in [5, 5.41) is 0. The third-order valence-corrected chi connectivity index (χ3v) is 0.651. The van der Waals surface area contributed by atoms with Gasteiger partial charge in [-0.2, -0.15) is 0 Å². The molecule has 0 saturated heterocycles. The van der Waals surface area contributed by atoms with Gasteiger partial charge in [0.1, 0.15) is 0 Å². The highest BCUT2D eigenvalue weighted by atomic mass is 35.5. The highest BCUT2D eigenvalue weighted by Gasteiger charge is 1.98. The number of carbonyl (C=O) groups is 1. The van der Waals surface area contributed by atoms with E-state index in [-0.39, 0.29) is 12.4 Å². The van der Waals surface area contributed by atoms with E-state index < -0.39 is 12.2 Å². The monoisotopic (exact) mass is 163 g/mol. The summed E-state index contributed by atoms with van der Waals surface area (Å²) in [5.74, 6) is -0.539. The van der Waals surface area contributed by atoms with Gasteiger partial charge in [-0.3, -0.25) is 5.73 Å². The van der Waals surface area contributed by atoms with Gasteiger partial charge in [-0.1, -0.05) is 13.2 Å². The zero-order valence-corrected chi connectivity index (χ0v) is 6.26. The summed E-state index contributed by atoms with van der Waals surface area (Å²) in [6.45, 7) is 6.50. The Hall–Kier alpha value is -0.800. The summed E-state index contributed by atoms with van der Waals surface area (Å²) in [6, 6.07) is 0. The molecule has 0 spiro atoms. The fourth-order valence-electron chi connectivity index (χ4n) is 0.230. The Balaban J connectivity index is 0. The molecule has 58 valence electrons. The third-order valence-electron chi connectivity index (χ3n) is 0.651. The lowest BCUT2D eigenvalue weighted by Crippen LogP contribution is -2.23. The van der Waals surface area contributed by atoms with Gasteiger partial charge in [-0.25, -0.2) is 4.79 Å². The van der Waals surface area contributed by atoms with Crippen LogP contribution >= 0.6 is 12.4 Å². The van der Waals surface area contributed by atoms with Crippen LogP contribution in [-0.2, 0) is 9.53 Å². The first-order valence-electron chi connectivity index (χ1n) is 2.42. The van der Waals surface area contributed by atoms with Crippen molar-refractivity contribution in [1.82, 2.24) is 0 Å². The van der Waals surface area contributed by atoms with E-state index in [2.05, 4.69) is 17.9 Å². The number of hydrogen-bond acceptors (Lipinski definition) is 3. The van der Waals surface area contributed by atoms with E-state index >= 15 is 0 Å². The molecule has 3 nitrogen and oxygen atoms in total. The summed E-state index contributed by atoms with van der Waals surface area (Å²) in [4.78, 5) is 10.3. The van der Waals surface area contributed by atoms with Gasteiger partial charge in [-0.15, -0.1) is 12.4 Å². The minimum atomic E-state index is -0.726. The van der Waals surface area contributed by atoms with Gasteiger partial charge in [0.05, 0.1) is 0 Å². The van der Waals surface area contributed by atoms with Crippen LogP contribution in [0.1, 0.15) is 0 Å². The van der Waals surface area contributed by atoms with Gasteiger partial charge in [0, 0.05) is 6.08 Å². The Bertz CT molecular complexity index is 136. The molecule has 0 rings (SSSR count). The van der Waals surface area contributed by atoms with Crippen LogP contribution in [0.25, 0.3) is 0 Å². The van der Waals surface area contributed by atoms with E-state index in [9.17, 15) is 4.79 Å². The first-order chi connectivity index (χ1) is 4.20. The zero-order valence-electron chi connectivity index (χ0n) is 5.45. The van der Waals surface area contributed by atoms with Crippen molar-refractivity contribution in [1.29, 1.82) is 0 Å². The molecule has 0 aromatic rings. The number of ether oxygens (including phenoxy) is 1. The molecule has 1 unspecified atom stereocenters. The van der Waals surface area contributed by atoms with E-state index in [1.165, 1.54) is 6.08 Å². The maximum atomic E-state index is 10.3. The predicted molar refractivity (Wildman–Crippen MR) is 41.7 cm³/mol. The van der Waals surface area contributed by atoms with Crippen LogP contribution in [0.15, 0.2) is 25.3 Å². The van der Waals surface area contributed by atoms with E-state index in [1.807, 2.05) is 0 Å². The van der Waals surface area contributed by atoms with Crippen LogP contribution in [0, 0.1) is 0 Å². The molecule has 0 heterocycles. The Kier molecular flexibility index (Phi) is 7.54. The topological polar surface area (TPSA) is 52.3 Å². The van der Waals surface area contributed by atoms with E-state index in [4.69, 9.17) is 5.73 Å². The van der Waals surface area contributed by atoms with Gasteiger partial charge in [0.25, 0.3) is 0 Å². The molecule has 0 bridgehead atoms. The highest BCUT2D eigenvalue weighted by Crippen LogP contribution is 1.84. The molecule has 2 N–H and O–H groups in total. The first-order valence-corrected chi connectivity index (χ1v) is 2.42. The van der Waals surface area contributed by atoms with Crippen LogP contribution in [0.2, 0.25) is 0 Å². The van der Waals surface area contributed by atoms with Crippen LogP contribution in [0.3, 0.4) is 0 Å². The Morgan fingerprint density at radius 1 is 1.60 bits per heavy atom. The van der Waals surface area contributed by atoms with Crippen molar-refractivity contribution in [2.24, 2.45) is 5.73 Å². The van der Waals surface area contributed by atoms with Crippen molar-refractivity contribution in [3.8, 4) is 0 Å².